The van der Waals surface area contributed by atoms with E-state index >= 15 is 0 Å². The highest BCUT2D eigenvalue weighted by Gasteiger charge is 2.15. The Morgan fingerprint density at radius 3 is 2.64 bits per heavy atom. The van der Waals surface area contributed by atoms with E-state index in [4.69, 9.17) is 14.2 Å². The van der Waals surface area contributed by atoms with Crippen molar-refractivity contribution in [3.05, 3.63) is 71.8 Å². The molecule has 1 aliphatic rings. The zero-order chi connectivity index (χ0) is 17.2. The number of carbonyl (C=O) groups excluding carboxylic acids is 1. The smallest absolute Gasteiger partial charge is 0.231 e. The molecular weight excluding hydrogens is 316 g/mol. The molecular formula is C21H16O4. The van der Waals surface area contributed by atoms with Crippen LogP contribution in [0.4, 0.5) is 0 Å². The first-order chi connectivity index (χ1) is 12.2. The molecule has 0 spiro atoms. The highest BCUT2D eigenvalue weighted by Crippen LogP contribution is 2.32. The zero-order valence-corrected chi connectivity index (χ0v) is 13.7. The van der Waals surface area contributed by atoms with Gasteiger partial charge in [0, 0.05) is 5.56 Å². The largest absolute Gasteiger partial charge is 0.497 e. The van der Waals surface area contributed by atoms with Crippen LogP contribution in [0.25, 0.3) is 16.8 Å². The summed E-state index contributed by atoms with van der Waals surface area (Å²) in [6.07, 6.45) is 3.39. The van der Waals surface area contributed by atoms with E-state index in [0.29, 0.717) is 17.1 Å². The molecule has 0 saturated carbocycles. The van der Waals surface area contributed by atoms with Crippen LogP contribution in [0.2, 0.25) is 0 Å². The molecule has 0 saturated heterocycles. The van der Waals surface area contributed by atoms with Crippen LogP contribution in [0.3, 0.4) is 0 Å². The van der Waals surface area contributed by atoms with Gasteiger partial charge in [-0.25, -0.2) is 0 Å². The van der Waals surface area contributed by atoms with Crippen molar-refractivity contribution in [2.45, 2.75) is 0 Å². The third-order valence-electron chi connectivity index (χ3n) is 4.16. The third-order valence-corrected chi connectivity index (χ3v) is 4.16. The van der Waals surface area contributed by atoms with Crippen molar-refractivity contribution in [2.24, 2.45) is 0 Å². The Morgan fingerprint density at radius 1 is 0.960 bits per heavy atom. The van der Waals surface area contributed by atoms with Crippen LogP contribution in [0.1, 0.15) is 15.9 Å². The standard InChI is InChI=1S/C21H16O4/c1-23-18-7-5-15-10-14(2-4-16(15)11-18)3-8-19(22)17-6-9-20-21(12-17)25-13-24-20/h2-12H,13H2,1H3/b8-3+. The molecule has 4 nitrogen and oxygen atoms in total. The van der Waals surface area contributed by atoms with E-state index in [1.165, 1.54) is 0 Å². The van der Waals surface area contributed by atoms with Crippen molar-refractivity contribution < 1.29 is 19.0 Å². The lowest BCUT2D eigenvalue weighted by molar-refractivity contribution is 0.104. The van der Waals surface area contributed by atoms with Gasteiger partial charge >= 0.3 is 0 Å². The lowest BCUT2D eigenvalue weighted by Crippen LogP contribution is -1.94. The molecule has 124 valence electrons. The van der Waals surface area contributed by atoms with Gasteiger partial charge in [-0.1, -0.05) is 24.3 Å². The molecule has 4 heteroatoms. The second-order valence-electron chi connectivity index (χ2n) is 5.74. The fraction of sp³-hybridized carbons (Fsp3) is 0.0952. The summed E-state index contributed by atoms with van der Waals surface area (Å²) >= 11 is 0. The van der Waals surface area contributed by atoms with Crippen molar-refractivity contribution in [3.63, 3.8) is 0 Å². The molecule has 1 heterocycles. The van der Waals surface area contributed by atoms with Gasteiger partial charge in [-0.2, -0.15) is 0 Å². The monoisotopic (exact) mass is 332 g/mol. The summed E-state index contributed by atoms with van der Waals surface area (Å²) in [5.41, 5.74) is 1.54. The van der Waals surface area contributed by atoms with Gasteiger partial charge in [-0.15, -0.1) is 0 Å². The summed E-state index contributed by atoms with van der Waals surface area (Å²) in [5.74, 6) is 2.03. The quantitative estimate of drug-likeness (QED) is 0.522. The van der Waals surface area contributed by atoms with Gasteiger partial charge in [0.15, 0.2) is 17.3 Å². The minimum atomic E-state index is -0.0758. The minimum Gasteiger partial charge on any atom is -0.497 e. The molecule has 0 bridgehead atoms. The Labute approximate surface area is 145 Å². The molecule has 25 heavy (non-hydrogen) atoms. The van der Waals surface area contributed by atoms with Gasteiger partial charge in [-0.05, 0) is 58.8 Å². The lowest BCUT2D eigenvalue weighted by Gasteiger charge is -2.03. The number of carbonyl (C=O) groups is 1. The van der Waals surface area contributed by atoms with Crippen molar-refractivity contribution >= 4 is 22.6 Å². The molecule has 0 N–H and O–H groups in total. The van der Waals surface area contributed by atoms with Gasteiger partial charge in [0.1, 0.15) is 5.75 Å². The molecule has 1 aliphatic heterocycles. The number of rotatable bonds is 4. The number of methoxy groups -OCH3 is 1. The van der Waals surface area contributed by atoms with Crippen LogP contribution in [0.15, 0.2) is 60.7 Å². The Balaban J connectivity index is 1.56. The molecule has 3 aromatic rings. The average molecular weight is 332 g/mol. The van der Waals surface area contributed by atoms with Crippen LogP contribution in [-0.2, 0) is 0 Å². The van der Waals surface area contributed by atoms with Crippen LogP contribution in [0.5, 0.6) is 17.2 Å². The Kier molecular flexibility index (Phi) is 3.86. The number of hydrogen-bond acceptors (Lipinski definition) is 4. The van der Waals surface area contributed by atoms with E-state index < -0.39 is 0 Å². The van der Waals surface area contributed by atoms with Gasteiger partial charge in [0.05, 0.1) is 7.11 Å². The first kappa shape index (κ1) is 15.3. The fourth-order valence-corrected chi connectivity index (χ4v) is 2.79. The summed E-state index contributed by atoms with van der Waals surface area (Å²) in [4.78, 5) is 12.4. The van der Waals surface area contributed by atoms with E-state index in [1.807, 2.05) is 42.5 Å². The molecule has 0 atom stereocenters. The number of fused-ring (bicyclic) bond motifs is 2. The Bertz CT molecular complexity index is 988. The first-order valence-corrected chi connectivity index (χ1v) is 7.93. The van der Waals surface area contributed by atoms with Crippen molar-refractivity contribution in [3.8, 4) is 17.2 Å². The van der Waals surface area contributed by atoms with Crippen LogP contribution in [-0.4, -0.2) is 19.7 Å². The average Bonchev–Trinajstić information content (AvgIpc) is 3.13. The minimum absolute atomic E-state index is 0.0758. The number of allylic oxidation sites excluding steroid dienone is 1. The van der Waals surface area contributed by atoms with Crippen LogP contribution in [0, 0.1) is 0 Å². The summed E-state index contributed by atoms with van der Waals surface area (Å²) in [7, 11) is 1.65. The van der Waals surface area contributed by atoms with E-state index in [1.54, 1.807) is 31.4 Å². The van der Waals surface area contributed by atoms with Gasteiger partial charge in [0.25, 0.3) is 0 Å². The molecule has 0 aromatic heterocycles. The van der Waals surface area contributed by atoms with E-state index in [0.717, 1.165) is 22.1 Å². The maximum absolute atomic E-state index is 12.4. The number of ketones is 1. The third kappa shape index (κ3) is 3.06. The van der Waals surface area contributed by atoms with Gasteiger partial charge in [0.2, 0.25) is 6.79 Å². The summed E-state index contributed by atoms with van der Waals surface area (Å²) in [6.45, 7) is 0.199. The highest BCUT2D eigenvalue weighted by molar-refractivity contribution is 6.07. The normalized spacial score (nSPS) is 12.7. The molecule has 0 radical (unpaired) electrons. The van der Waals surface area contributed by atoms with Crippen LogP contribution >= 0.6 is 0 Å². The molecule has 4 rings (SSSR count). The van der Waals surface area contributed by atoms with Gasteiger partial charge in [-0.3, -0.25) is 4.79 Å². The zero-order valence-electron chi connectivity index (χ0n) is 13.7. The molecule has 0 unspecified atom stereocenters. The summed E-state index contributed by atoms with van der Waals surface area (Å²) in [6, 6.07) is 17.2. The summed E-state index contributed by atoms with van der Waals surface area (Å²) < 4.78 is 15.8. The topological polar surface area (TPSA) is 44.8 Å². The molecule has 0 fully saturated rings. The first-order valence-electron chi connectivity index (χ1n) is 7.93. The number of ether oxygens (including phenoxy) is 3. The lowest BCUT2D eigenvalue weighted by atomic mass is 10.0. The van der Waals surface area contributed by atoms with Crippen molar-refractivity contribution in [1.29, 1.82) is 0 Å². The Morgan fingerprint density at radius 2 is 1.76 bits per heavy atom. The van der Waals surface area contributed by atoms with E-state index in [9.17, 15) is 4.79 Å². The SMILES string of the molecule is COc1ccc2cc(/C=C/C(=O)c3ccc4c(c3)OCO4)ccc2c1. The predicted octanol–water partition coefficient (Wildman–Crippen LogP) is 4.47. The molecule has 0 amide bonds. The van der Waals surface area contributed by atoms with Crippen LogP contribution < -0.4 is 14.2 Å². The highest BCUT2D eigenvalue weighted by atomic mass is 16.7. The van der Waals surface area contributed by atoms with E-state index in [-0.39, 0.29) is 12.6 Å². The van der Waals surface area contributed by atoms with E-state index in [2.05, 4.69) is 0 Å². The number of hydrogen-bond donors (Lipinski definition) is 0. The maximum Gasteiger partial charge on any atom is 0.231 e. The second-order valence-corrected chi connectivity index (χ2v) is 5.74. The van der Waals surface area contributed by atoms with Crippen molar-refractivity contribution in [1.82, 2.24) is 0 Å². The second kappa shape index (κ2) is 6.32. The molecule has 0 aliphatic carbocycles. The maximum atomic E-state index is 12.4. The number of benzene rings is 3. The Hall–Kier alpha value is -3.27. The molecule has 3 aromatic carbocycles. The summed E-state index contributed by atoms with van der Waals surface area (Å²) in [5, 5.41) is 2.19. The van der Waals surface area contributed by atoms with Gasteiger partial charge < -0.3 is 14.2 Å². The van der Waals surface area contributed by atoms with Crippen molar-refractivity contribution in [2.75, 3.05) is 13.9 Å². The predicted molar refractivity (Wildman–Crippen MR) is 96.4 cm³/mol. The fourth-order valence-electron chi connectivity index (χ4n) is 2.79.